The Morgan fingerprint density at radius 2 is 2.19 bits per heavy atom. The van der Waals surface area contributed by atoms with Crippen LogP contribution in [0.25, 0.3) is 0 Å². The van der Waals surface area contributed by atoms with Crippen LogP contribution >= 0.6 is 22.6 Å². The fraction of sp³-hybridized carbons (Fsp3) is 0.733. The van der Waals surface area contributed by atoms with Crippen molar-refractivity contribution in [2.24, 2.45) is 0 Å². The van der Waals surface area contributed by atoms with E-state index >= 15 is 0 Å². The summed E-state index contributed by atoms with van der Waals surface area (Å²) in [7, 11) is 1.93. The standard InChI is InChI=1S/C15H23IN4O/c1-3-6-20-7-8-21-11(9-20)14-18-13(10-4-5-10)12(16)15(17-2)19-14/h10-11H,3-9H2,1-2H3,(H,17,18,19). The average Bonchev–Trinajstić information content (AvgIpc) is 3.33. The Bertz CT molecular complexity index is 505. The van der Waals surface area contributed by atoms with Crippen molar-refractivity contribution >= 4 is 28.4 Å². The molecule has 1 aromatic rings. The first-order valence-corrected chi connectivity index (χ1v) is 8.89. The predicted molar refractivity (Wildman–Crippen MR) is 91.7 cm³/mol. The molecule has 21 heavy (non-hydrogen) atoms. The van der Waals surface area contributed by atoms with Crippen LogP contribution in [0.2, 0.25) is 0 Å². The number of aromatic nitrogens is 2. The highest BCUT2D eigenvalue weighted by molar-refractivity contribution is 14.1. The number of morpholine rings is 1. The molecule has 1 aliphatic carbocycles. The molecule has 5 nitrogen and oxygen atoms in total. The van der Waals surface area contributed by atoms with Gasteiger partial charge in [0, 0.05) is 26.1 Å². The van der Waals surface area contributed by atoms with Crippen LogP contribution in [-0.2, 0) is 4.74 Å². The van der Waals surface area contributed by atoms with Gasteiger partial charge in [-0.05, 0) is 48.4 Å². The topological polar surface area (TPSA) is 50.3 Å². The van der Waals surface area contributed by atoms with Gasteiger partial charge in [0.1, 0.15) is 11.9 Å². The van der Waals surface area contributed by atoms with Crippen LogP contribution in [0.15, 0.2) is 0 Å². The Hall–Kier alpha value is -0.470. The number of hydrogen-bond acceptors (Lipinski definition) is 5. The van der Waals surface area contributed by atoms with Gasteiger partial charge >= 0.3 is 0 Å². The van der Waals surface area contributed by atoms with E-state index in [1.807, 2.05) is 7.05 Å². The maximum absolute atomic E-state index is 5.94. The summed E-state index contributed by atoms with van der Waals surface area (Å²) in [6, 6.07) is 0. The molecular weight excluding hydrogens is 379 g/mol. The van der Waals surface area contributed by atoms with Gasteiger partial charge in [0.15, 0.2) is 5.82 Å². The maximum Gasteiger partial charge on any atom is 0.161 e. The zero-order chi connectivity index (χ0) is 14.8. The minimum absolute atomic E-state index is 0.00639. The normalized spacial score (nSPS) is 23.3. The molecule has 116 valence electrons. The van der Waals surface area contributed by atoms with Gasteiger partial charge in [-0.3, -0.25) is 4.90 Å². The Morgan fingerprint density at radius 1 is 1.38 bits per heavy atom. The van der Waals surface area contributed by atoms with Crippen LogP contribution in [-0.4, -0.2) is 48.2 Å². The highest BCUT2D eigenvalue weighted by Crippen LogP contribution is 2.42. The largest absolute Gasteiger partial charge is 0.372 e. The summed E-state index contributed by atoms with van der Waals surface area (Å²) in [6.45, 7) is 6.03. The Labute approximate surface area is 140 Å². The molecule has 0 aromatic carbocycles. The van der Waals surface area contributed by atoms with E-state index < -0.39 is 0 Å². The summed E-state index contributed by atoms with van der Waals surface area (Å²) in [6.07, 6.45) is 3.69. The zero-order valence-electron chi connectivity index (χ0n) is 12.7. The molecule has 1 unspecified atom stereocenters. The van der Waals surface area contributed by atoms with Crippen molar-refractivity contribution in [2.75, 3.05) is 38.6 Å². The number of rotatable bonds is 5. The molecule has 3 rings (SSSR count). The molecule has 1 saturated heterocycles. The molecule has 1 aromatic heterocycles. The van der Waals surface area contributed by atoms with E-state index in [0.29, 0.717) is 5.92 Å². The van der Waals surface area contributed by atoms with E-state index in [2.05, 4.69) is 39.7 Å². The van der Waals surface area contributed by atoms with E-state index in [1.165, 1.54) is 28.5 Å². The van der Waals surface area contributed by atoms with Gasteiger partial charge in [-0.15, -0.1) is 0 Å². The highest BCUT2D eigenvalue weighted by atomic mass is 127. The first kappa shape index (κ1) is 15.4. The average molecular weight is 402 g/mol. The fourth-order valence-electron chi connectivity index (χ4n) is 2.80. The second-order valence-corrected chi connectivity index (χ2v) is 6.89. The van der Waals surface area contributed by atoms with Crippen molar-refractivity contribution in [3.63, 3.8) is 0 Å². The third-order valence-corrected chi connectivity index (χ3v) is 5.14. The monoisotopic (exact) mass is 402 g/mol. The Kier molecular flexibility index (Phi) is 4.96. The third kappa shape index (κ3) is 3.48. The lowest BCUT2D eigenvalue weighted by molar-refractivity contribution is -0.0342. The SMILES string of the molecule is CCCN1CCOC(c2nc(NC)c(I)c(C3CC3)n2)C1. The molecule has 1 aliphatic heterocycles. The molecule has 1 saturated carbocycles. The second kappa shape index (κ2) is 6.75. The lowest BCUT2D eigenvalue weighted by atomic mass is 10.2. The molecule has 0 radical (unpaired) electrons. The van der Waals surface area contributed by atoms with Crippen LogP contribution in [0.3, 0.4) is 0 Å². The summed E-state index contributed by atoms with van der Waals surface area (Å²) in [5.74, 6) is 2.42. The zero-order valence-corrected chi connectivity index (χ0v) is 14.9. The first-order chi connectivity index (χ1) is 10.2. The van der Waals surface area contributed by atoms with E-state index in [0.717, 1.165) is 37.9 Å². The number of anilines is 1. The van der Waals surface area contributed by atoms with Gasteiger partial charge < -0.3 is 10.1 Å². The molecule has 1 N–H and O–H groups in total. The van der Waals surface area contributed by atoms with Crippen LogP contribution in [0.5, 0.6) is 0 Å². The summed E-state index contributed by atoms with van der Waals surface area (Å²) in [4.78, 5) is 12.0. The molecule has 2 heterocycles. The molecule has 0 amide bonds. The van der Waals surface area contributed by atoms with Gasteiger partial charge in [-0.1, -0.05) is 6.92 Å². The van der Waals surface area contributed by atoms with Crippen molar-refractivity contribution in [2.45, 2.75) is 38.2 Å². The molecular formula is C15H23IN4O. The van der Waals surface area contributed by atoms with Crippen molar-refractivity contribution in [3.05, 3.63) is 15.1 Å². The van der Waals surface area contributed by atoms with Crippen molar-refractivity contribution in [1.82, 2.24) is 14.9 Å². The molecule has 6 heteroatoms. The van der Waals surface area contributed by atoms with E-state index in [9.17, 15) is 0 Å². The van der Waals surface area contributed by atoms with Crippen molar-refractivity contribution in [3.8, 4) is 0 Å². The predicted octanol–water partition coefficient (Wildman–Crippen LogP) is 2.78. The minimum Gasteiger partial charge on any atom is -0.372 e. The lowest BCUT2D eigenvalue weighted by Crippen LogP contribution is -2.39. The van der Waals surface area contributed by atoms with Crippen LogP contribution < -0.4 is 5.32 Å². The fourth-order valence-corrected chi connectivity index (χ4v) is 3.75. The number of hydrogen-bond donors (Lipinski definition) is 1. The molecule has 2 fully saturated rings. The van der Waals surface area contributed by atoms with Gasteiger partial charge in [0.2, 0.25) is 0 Å². The quantitative estimate of drug-likeness (QED) is 0.768. The minimum atomic E-state index is 0.00639. The molecule has 0 spiro atoms. The number of ether oxygens (including phenoxy) is 1. The van der Waals surface area contributed by atoms with Crippen LogP contribution in [0, 0.1) is 3.57 Å². The maximum atomic E-state index is 5.94. The van der Waals surface area contributed by atoms with Gasteiger partial charge in [0.25, 0.3) is 0 Å². The van der Waals surface area contributed by atoms with Gasteiger partial charge in [0.05, 0.1) is 15.9 Å². The number of nitrogens with one attached hydrogen (secondary N) is 1. The second-order valence-electron chi connectivity index (χ2n) is 5.81. The Balaban J connectivity index is 1.85. The van der Waals surface area contributed by atoms with Crippen molar-refractivity contribution in [1.29, 1.82) is 0 Å². The first-order valence-electron chi connectivity index (χ1n) is 7.82. The Morgan fingerprint density at radius 3 is 2.86 bits per heavy atom. The van der Waals surface area contributed by atoms with Crippen LogP contribution in [0.4, 0.5) is 5.82 Å². The lowest BCUT2D eigenvalue weighted by Gasteiger charge is -2.32. The number of nitrogens with zero attached hydrogens (tertiary/aromatic N) is 3. The molecule has 2 aliphatic rings. The van der Waals surface area contributed by atoms with E-state index in [-0.39, 0.29) is 6.10 Å². The van der Waals surface area contributed by atoms with Gasteiger partial charge in [-0.25, -0.2) is 9.97 Å². The van der Waals surface area contributed by atoms with E-state index in [4.69, 9.17) is 14.7 Å². The van der Waals surface area contributed by atoms with Gasteiger partial charge in [-0.2, -0.15) is 0 Å². The smallest absolute Gasteiger partial charge is 0.161 e. The van der Waals surface area contributed by atoms with Crippen molar-refractivity contribution < 1.29 is 4.74 Å². The summed E-state index contributed by atoms with van der Waals surface area (Å²) in [5.41, 5.74) is 1.21. The molecule has 1 atom stereocenters. The summed E-state index contributed by atoms with van der Waals surface area (Å²) in [5, 5.41) is 3.21. The summed E-state index contributed by atoms with van der Waals surface area (Å²) >= 11 is 2.36. The highest BCUT2D eigenvalue weighted by Gasteiger charge is 2.31. The van der Waals surface area contributed by atoms with E-state index in [1.54, 1.807) is 0 Å². The number of halogens is 1. The molecule has 0 bridgehead atoms. The van der Waals surface area contributed by atoms with Crippen LogP contribution in [0.1, 0.15) is 49.7 Å². The third-order valence-electron chi connectivity index (χ3n) is 4.07. The summed E-state index contributed by atoms with van der Waals surface area (Å²) < 4.78 is 7.11.